The number of hydrogen-bond acceptors (Lipinski definition) is 2. The molecule has 0 aromatic carbocycles. The first-order chi connectivity index (χ1) is 8.14. The van der Waals surface area contributed by atoms with Crippen LogP contribution in [0.4, 0.5) is 0 Å². The quantitative estimate of drug-likeness (QED) is 0.601. The van der Waals surface area contributed by atoms with Crippen LogP contribution in [0.1, 0.15) is 59.3 Å². The molecule has 0 bridgehead atoms. The smallest absolute Gasteiger partial charge is 0.0594 e. The summed E-state index contributed by atoms with van der Waals surface area (Å²) in [5, 5.41) is 0. The van der Waals surface area contributed by atoms with Crippen molar-refractivity contribution in [1.29, 1.82) is 0 Å². The average molecular weight is 241 g/mol. The van der Waals surface area contributed by atoms with Crippen LogP contribution in [0.3, 0.4) is 0 Å². The zero-order valence-corrected chi connectivity index (χ0v) is 12.1. The highest BCUT2D eigenvalue weighted by atomic mass is 16.5. The van der Waals surface area contributed by atoms with E-state index in [0.717, 1.165) is 26.3 Å². The summed E-state index contributed by atoms with van der Waals surface area (Å²) >= 11 is 0. The fourth-order valence-electron chi connectivity index (χ4n) is 2.44. The van der Waals surface area contributed by atoms with E-state index < -0.39 is 0 Å². The fourth-order valence-corrected chi connectivity index (χ4v) is 2.44. The zero-order valence-electron chi connectivity index (χ0n) is 12.1. The lowest BCUT2D eigenvalue weighted by Crippen LogP contribution is -2.38. The minimum Gasteiger partial charge on any atom is -0.379 e. The van der Waals surface area contributed by atoms with E-state index in [0.29, 0.717) is 5.41 Å². The van der Waals surface area contributed by atoms with E-state index in [-0.39, 0.29) is 0 Å². The van der Waals surface area contributed by atoms with E-state index in [1.54, 1.807) is 0 Å². The molecule has 0 atom stereocenters. The summed E-state index contributed by atoms with van der Waals surface area (Å²) in [7, 11) is 0. The maximum atomic E-state index is 5.38. The van der Waals surface area contributed by atoms with Gasteiger partial charge in [-0.15, -0.1) is 0 Å². The highest BCUT2D eigenvalue weighted by Gasteiger charge is 2.19. The Hall–Kier alpha value is -0.0800. The van der Waals surface area contributed by atoms with Crippen LogP contribution in [0.15, 0.2) is 0 Å². The molecule has 1 fully saturated rings. The molecule has 102 valence electrons. The zero-order chi connectivity index (χ0) is 12.6. The summed E-state index contributed by atoms with van der Waals surface area (Å²) in [4.78, 5) is 2.55. The van der Waals surface area contributed by atoms with Gasteiger partial charge in [0, 0.05) is 13.1 Å². The number of rotatable bonds is 8. The van der Waals surface area contributed by atoms with Gasteiger partial charge in [-0.1, -0.05) is 46.5 Å². The van der Waals surface area contributed by atoms with Crippen LogP contribution in [-0.4, -0.2) is 37.7 Å². The molecule has 1 rings (SSSR count). The number of morpholine rings is 1. The fraction of sp³-hybridized carbons (Fsp3) is 1.00. The van der Waals surface area contributed by atoms with Gasteiger partial charge in [-0.2, -0.15) is 0 Å². The highest BCUT2D eigenvalue weighted by molar-refractivity contribution is 4.72. The van der Waals surface area contributed by atoms with Gasteiger partial charge >= 0.3 is 0 Å². The average Bonchev–Trinajstić information content (AvgIpc) is 2.34. The second-order valence-electron chi connectivity index (χ2n) is 6.18. The van der Waals surface area contributed by atoms with Gasteiger partial charge in [0.25, 0.3) is 0 Å². The summed E-state index contributed by atoms with van der Waals surface area (Å²) in [6.07, 6.45) is 8.28. The molecule has 17 heavy (non-hydrogen) atoms. The normalized spacial score (nSPS) is 18.5. The van der Waals surface area contributed by atoms with E-state index in [9.17, 15) is 0 Å². The molecule has 0 radical (unpaired) electrons. The van der Waals surface area contributed by atoms with Crippen molar-refractivity contribution >= 4 is 0 Å². The Balaban J connectivity index is 2.09. The summed E-state index contributed by atoms with van der Waals surface area (Å²) in [5.41, 5.74) is 0.520. The second-order valence-corrected chi connectivity index (χ2v) is 6.18. The molecule has 0 aromatic heterocycles. The molecule has 1 saturated heterocycles. The van der Waals surface area contributed by atoms with Crippen molar-refractivity contribution in [2.24, 2.45) is 5.41 Å². The van der Waals surface area contributed by atoms with Crippen molar-refractivity contribution in [1.82, 2.24) is 4.90 Å². The molecule has 1 heterocycles. The molecule has 0 aromatic rings. The molecule has 2 heteroatoms. The molecule has 0 unspecified atom stereocenters. The van der Waals surface area contributed by atoms with E-state index in [1.807, 2.05) is 0 Å². The lowest BCUT2D eigenvalue weighted by atomic mass is 9.83. The largest absolute Gasteiger partial charge is 0.379 e. The summed E-state index contributed by atoms with van der Waals surface area (Å²) in [6.45, 7) is 12.5. The number of hydrogen-bond donors (Lipinski definition) is 0. The van der Waals surface area contributed by atoms with Crippen molar-refractivity contribution in [3.05, 3.63) is 0 Å². The third-order valence-electron chi connectivity index (χ3n) is 3.92. The lowest BCUT2D eigenvalue weighted by molar-refractivity contribution is 0.0321. The Kier molecular flexibility index (Phi) is 7.14. The standard InChI is InChI=1S/C15H31NO/c1-4-5-6-7-8-15(2,3)9-10-16-11-13-17-14-12-16/h4-14H2,1-3H3. The first kappa shape index (κ1) is 15.0. The first-order valence-corrected chi connectivity index (χ1v) is 7.44. The van der Waals surface area contributed by atoms with Gasteiger partial charge < -0.3 is 4.74 Å². The third kappa shape index (κ3) is 7.05. The predicted octanol–water partition coefficient (Wildman–Crippen LogP) is 3.71. The third-order valence-corrected chi connectivity index (χ3v) is 3.92. The van der Waals surface area contributed by atoms with E-state index in [1.165, 1.54) is 45.1 Å². The Labute approximate surface area is 108 Å². The maximum absolute atomic E-state index is 5.38. The molecular weight excluding hydrogens is 210 g/mol. The topological polar surface area (TPSA) is 12.5 Å². The van der Waals surface area contributed by atoms with Gasteiger partial charge in [-0.05, 0) is 24.8 Å². The van der Waals surface area contributed by atoms with Crippen LogP contribution in [0.25, 0.3) is 0 Å². The first-order valence-electron chi connectivity index (χ1n) is 7.44. The molecule has 0 aliphatic carbocycles. The number of ether oxygens (including phenoxy) is 1. The molecule has 0 N–H and O–H groups in total. The van der Waals surface area contributed by atoms with E-state index in [2.05, 4.69) is 25.7 Å². The van der Waals surface area contributed by atoms with Crippen LogP contribution >= 0.6 is 0 Å². The molecule has 0 amide bonds. The van der Waals surface area contributed by atoms with Crippen LogP contribution in [0, 0.1) is 5.41 Å². The number of nitrogens with zero attached hydrogens (tertiary/aromatic N) is 1. The van der Waals surface area contributed by atoms with Crippen LogP contribution < -0.4 is 0 Å². The molecule has 1 aliphatic rings. The lowest BCUT2D eigenvalue weighted by Gasteiger charge is -2.31. The van der Waals surface area contributed by atoms with Gasteiger partial charge in [0.2, 0.25) is 0 Å². The summed E-state index contributed by atoms with van der Waals surface area (Å²) in [6, 6.07) is 0. The second kappa shape index (κ2) is 8.10. The van der Waals surface area contributed by atoms with Gasteiger partial charge in [0.05, 0.1) is 13.2 Å². The Morgan fingerprint density at radius 3 is 2.35 bits per heavy atom. The van der Waals surface area contributed by atoms with Crippen molar-refractivity contribution in [3.8, 4) is 0 Å². The predicted molar refractivity (Wildman–Crippen MR) is 74.4 cm³/mol. The Morgan fingerprint density at radius 1 is 1.00 bits per heavy atom. The van der Waals surface area contributed by atoms with Crippen molar-refractivity contribution in [2.75, 3.05) is 32.8 Å². The van der Waals surface area contributed by atoms with Gasteiger partial charge in [0.15, 0.2) is 0 Å². The Bertz CT molecular complexity index is 185. The van der Waals surface area contributed by atoms with Gasteiger partial charge in [-0.3, -0.25) is 4.90 Å². The van der Waals surface area contributed by atoms with Gasteiger partial charge in [-0.25, -0.2) is 0 Å². The van der Waals surface area contributed by atoms with Crippen molar-refractivity contribution in [2.45, 2.75) is 59.3 Å². The molecule has 0 saturated carbocycles. The van der Waals surface area contributed by atoms with Gasteiger partial charge in [0.1, 0.15) is 0 Å². The molecule has 0 spiro atoms. The summed E-state index contributed by atoms with van der Waals surface area (Å²) in [5.74, 6) is 0. The molecular formula is C15H31NO. The van der Waals surface area contributed by atoms with E-state index in [4.69, 9.17) is 4.74 Å². The minimum atomic E-state index is 0.520. The van der Waals surface area contributed by atoms with Crippen LogP contribution in [0.2, 0.25) is 0 Å². The summed E-state index contributed by atoms with van der Waals surface area (Å²) < 4.78 is 5.38. The van der Waals surface area contributed by atoms with Crippen LogP contribution in [0.5, 0.6) is 0 Å². The van der Waals surface area contributed by atoms with Crippen molar-refractivity contribution in [3.63, 3.8) is 0 Å². The molecule has 2 nitrogen and oxygen atoms in total. The Morgan fingerprint density at radius 2 is 1.71 bits per heavy atom. The molecule has 1 aliphatic heterocycles. The van der Waals surface area contributed by atoms with Crippen LogP contribution in [-0.2, 0) is 4.74 Å². The van der Waals surface area contributed by atoms with Crippen molar-refractivity contribution < 1.29 is 4.74 Å². The number of unbranched alkanes of at least 4 members (excludes halogenated alkanes) is 3. The monoisotopic (exact) mass is 241 g/mol. The highest BCUT2D eigenvalue weighted by Crippen LogP contribution is 2.28. The minimum absolute atomic E-state index is 0.520. The SMILES string of the molecule is CCCCCCC(C)(C)CCN1CCOCC1. The van der Waals surface area contributed by atoms with E-state index >= 15 is 0 Å². The maximum Gasteiger partial charge on any atom is 0.0594 e.